The van der Waals surface area contributed by atoms with Gasteiger partial charge in [-0.2, -0.15) is 0 Å². The fraction of sp³-hybridized carbons (Fsp3) is 0.500. The Morgan fingerprint density at radius 2 is 1.97 bits per heavy atom. The Hall–Kier alpha value is -3.10. The number of Topliss-reactive ketones (excluding diaryl/α,β-unsaturated/α-hetero) is 1. The van der Waals surface area contributed by atoms with Crippen LogP contribution in [0.15, 0.2) is 27.5 Å². The number of carbonyl (C=O) groups is 2. The molecule has 1 aromatic carbocycles. The van der Waals surface area contributed by atoms with E-state index < -0.39 is 28.8 Å². The van der Waals surface area contributed by atoms with E-state index >= 15 is 0 Å². The molecule has 2 N–H and O–H groups in total. The third kappa shape index (κ3) is 3.20. The molecule has 0 bridgehead atoms. The lowest BCUT2D eigenvalue weighted by Crippen LogP contribution is -2.60. The van der Waals surface area contributed by atoms with Crippen molar-refractivity contribution in [3.8, 4) is 17.1 Å². The number of H-pyrrole nitrogens is 1. The molecular formula is C20H23N3O6. The summed E-state index contributed by atoms with van der Waals surface area (Å²) in [4.78, 5) is 40.0. The third-order valence-corrected chi connectivity index (χ3v) is 5.81. The number of hydrogen-bond donors (Lipinski definition) is 2. The maximum Gasteiger partial charge on any atom is 0.439 e. The number of benzene rings is 1. The number of ketones is 1. The molecular weight excluding hydrogens is 378 g/mol. The second-order valence-electron chi connectivity index (χ2n) is 8.75. The first-order valence-corrected chi connectivity index (χ1v) is 9.52. The monoisotopic (exact) mass is 401 g/mol. The van der Waals surface area contributed by atoms with Crippen LogP contribution in [0.2, 0.25) is 0 Å². The van der Waals surface area contributed by atoms with Crippen LogP contribution in [0.1, 0.15) is 44.0 Å². The molecule has 1 atom stereocenters. The number of ether oxygens (including phenoxy) is 1. The van der Waals surface area contributed by atoms with Crippen molar-refractivity contribution in [1.29, 1.82) is 0 Å². The number of nitrogens with zero attached hydrogens (tertiary/aromatic N) is 2. The highest BCUT2D eigenvalue weighted by Crippen LogP contribution is 2.50. The number of hydrogen-bond acceptors (Lipinski definition) is 6. The van der Waals surface area contributed by atoms with Crippen LogP contribution in [0.3, 0.4) is 0 Å². The third-order valence-electron chi connectivity index (χ3n) is 5.81. The molecule has 1 aromatic heterocycles. The zero-order valence-corrected chi connectivity index (χ0v) is 16.5. The molecule has 1 amide bonds. The second kappa shape index (κ2) is 6.47. The predicted octanol–water partition coefficient (Wildman–Crippen LogP) is 2.78. The van der Waals surface area contributed by atoms with Crippen LogP contribution in [0.5, 0.6) is 5.75 Å². The molecule has 2 aromatic rings. The van der Waals surface area contributed by atoms with Gasteiger partial charge in [0.15, 0.2) is 11.6 Å². The van der Waals surface area contributed by atoms with Crippen molar-refractivity contribution in [3.63, 3.8) is 0 Å². The summed E-state index contributed by atoms with van der Waals surface area (Å²) in [5.41, 5.74) is -0.162. The zero-order chi connectivity index (χ0) is 21.0. The molecule has 1 fully saturated rings. The van der Waals surface area contributed by atoms with E-state index in [-0.39, 0.29) is 11.6 Å². The number of nitrogens with one attached hydrogen (secondary N) is 1. The van der Waals surface area contributed by atoms with Gasteiger partial charge in [-0.15, -0.1) is 0 Å². The molecule has 29 heavy (non-hydrogen) atoms. The lowest BCUT2D eigenvalue weighted by Gasteiger charge is -2.51. The topological polar surface area (TPSA) is 126 Å². The molecule has 9 nitrogen and oxygen atoms in total. The first-order valence-electron chi connectivity index (χ1n) is 9.52. The van der Waals surface area contributed by atoms with Gasteiger partial charge >= 0.3 is 11.8 Å². The summed E-state index contributed by atoms with van der Waals surface area (Å²) in [6.07, 6.45) is -0.0591. The van der Waals surface area contributed by atoms with Gasteiger partial charge in [0.2, 0.25) is 0 Å². The van der Waals surface area contributed by atoms with Crippen molar-refractivity contribution in [2.45, 2.75) is 39.2 Å². The summed E-state index contributed by atoms with van der Waals surface area (Å²) >= 11 is 0. The Kier molecular flexibility index (Phi) is 4.29. The lowest BCUT2D eigenvalue weighted by atomic mass is 9.62. The number of piperidine rings is 1. The van der Waals surface area contributed by atoms with Gasteiger partial charge in [0, 0.05) is 31.5 Å². The van der Waals surface area contributed by atoms with E-state index in [0.717, 1.165) is 0 Å². The average Bonchev–Trinajstić information content (AvgIpc) is 3.07. The summed E-state index contributed by atoms with van der Waals surface area (Å²) in [7, 11) is 0. The standard InChI is InChI=1S/C20H23N3O6/c1-19(2,3)15-14(24)12-10-11(16-21-17(25)29-22-16)4-5-13(12)28-20(15)6-8-23(9-7-20)18(26)27/h4-5,10,15H,6-9H2,1-3H3,(H,26,27)(H,21,22,25). The Balaban J connectivity index is 1.76. The predicted molar refractivity (Wildman–Crippen MR) is 102 cm³/mol. The van der Waals surface area contributed by atoms with Crippen molar-refractivity contribution in [3.05, 3.63) is 34.3 Å². The molecule has 0 radical (unpaired) electrons. The number of fused-ring (bicyclic) bond motifs is 1. The lowest BCUT2D eigenvalue weighted by molar-refractivity contribution is -0.0695. The van der Waals surface area contributed by atoms with Crippen LogP contribution >= 0.6 is 0 Å². The van der Waals surface area contributed by atoms with Gasteiger partial charge in [0.1, 0.15) is 11.4 Å². The van der Waals surface area contributed by atoms with Crippen molar-refractivity contribution in [2.24, 2.45) is 11.3 Å². The van der Waals surface area contributed by atoms with E-state index in [4.69, 9.17) is 4.74 Å². The van der Waals surface area contributed by atoms with Crippen LogP contribution in [0.25, 0.3) is 11.4 Å². The number of aromatic nitrogens is 2. The number of carbonyl (C=O) groups excluding carboxylic acids is 1. The number of carboxylic acid groups (broad SMARTS) is 1. The highest BCUT2D eigenvalue weighted by Gasteiger charge is 2.55. The smallest absolute Gasteiger partial charge is 0.439 e. The number of rotatable bonds is 1. The second-order valence-corrected chi connectivity index (χ2v) is 8.75. The van der Waals surface area contributed by atoms with Crippen LogP contribution in [-0.2, 0) is 0 Å². The van der Waals surface area contributed by atoms with E-state index in [2.05, 4.69) is 14.7 Å². The van der Waals surface area contributed by atoms with Gasteiger partial charge in [-0.3, -0.25) is 14.3 Å². The van der Waals surface area contributed by atoms with Crippen molar-refractivity contribution in [2.75, 3.05) is 13.1 Å². The molecule has 9 heteroatoms. The van der Waals surface area contributed by atoms with Crippen molar-refractivity contribution in [1.82, 2.24) is 15.0 Å². The summed E-state index contributed by atoms with van der Waals surface area (Å²) in [5, 5.41) is 13.0. The van der Waals surface area contributed by atoms with Gasteiger partial charge < -0.3 is 14.7 Å². The summed E-state index contributed by atoms with van der Waals surface area (Å²) in [5.74, 6) is -0.445. The number of likely N-dealkylation sites (tertiary alicyclic amines) is 1. The van der Waals surface area contributed by atoms with Gasteiger partial charge in [0.25, 0.3) is 0 Å². The first kappa shape index (κ1) is 19.2. The Labute approximate surface area is 166 Å². The summed E-state index contributed by atoms with van der Waals surface area (Å²) in [6, 6.07) is 5.06. The average molecular weight is 401 g/mol. The Morgan fingerprint density at radius 3 is 2.52 bits per heavy atom. The van der Waals surface area contributed by atoms with Gasteiger partial charge in [-0.1, -0.05) is 25.9 Å². The highest BCUT2D eigenvalue weighted by molar-refractivity contribution is 6.03. The van der Waals surface area contributed by atoms with E-state index in [9.17, 15) is 19.5 Å². The summed E-state index contributed by atoms with van der Waals surface area (Å²) < 4.78 is 11.0. The minimum Gasteiger partial charge on any atom is -0.486 e. The normalized spacial score (nSPS) is 21.0. The molecule has 1 spiro atoms. The maximum absolute atomic E-state index is 13.6. The van der Waals surface area contributed by atoms with Gasteiger partial charge in [-0.25, -0.2) is 9.59 Å². The van der Waals surface area contributed by atoms with Crippen LogP contribution in [-0.4, -0.2) is 50.7 Å². The summed E-state index contributed by atoms with van der Waals surface area (Å²) in [6.45, 7) is 6.63. The molecule has 0 saturated carbocycles. The van der Waals surface area contributed by atoms with Crippen molar-refractivity contribution >= 4 is 11.9 Å². The zero-order valence-electron chi connectivity index (χ0n) is 16.5. The quantitative estimate of drug-likeness (QED) is 0.752. The van der Waals surface area contributed by atoms with Crippen LogP contribution in [0.4, 0.5) is 4.79 Å². The molecule has 154 valence electrons. The fourth-order valence-corrected chi connectivity index (χ4v) is 4.64. The maximum atomic E-state index is 13.6. The SMILES string of the molecule is CC(C)(C)C1C(=O)c2cc(-c3noc(=O)[nH]3)ccc2OC12CCN(C(=O)O)CC2. The molecule has 0 aliphatic carbocycles. The van der Waals surface area contributed by atoms with Crippen LogP contribution < -0.4 is 10.5 Å². The van der Waals surface area contributed by atoms with E-state index in [0.29, 0.717) is 42.8 Å². The first-order chi connectivity index (χ1) is 13.6. The Bertz CT molecular complexity index is 1020. The van der Waals surface area contributed by atoms with Crippen molar-refractivity contribution < 1.29 is 24.0 Å². The number of aromatic amines is 1. The van der Waals surface area contributed by atoms with Gasteiger partial charge in [0.05, 0.1) is 11.5 Å². The number of amides is 1. The molecule has 2 aliphatic rings. The Morgan fingerprint density at radius 1 is 1.28 bits per heavy atom. The fourth-order valence-electron chi connectivity index (χ4n) is 4.64. The molecule has 2 aliphatic heterocycles. The van der Waals surface area contributed by atoms with Gasteiger partial charge in [-0.05, 0) is 23.6 Å². The van der Waals surface area contributed by atoms with E-state index in [1.165, 1.54) is 4.90 Å². The molecule has 3 heterocycles. The molecule has 1 saturated heterocycles. The minimum atomic E-state index is -0.957. The molecule has 4 rings (SSSR count). The largest absolute Gasteiger partial charge is 0.486 e. The van der Waals surface area contributed by atoms with E-state index in [1.54, 1.807) is 18.2 Å². The molecule has 1 unspecified atom stereocenters. The minimum absolute atomic E-state index is 0.0461. The highest BCUT2D eigenvalue weighted by atomic mass is 16.5. The van der Waals surface area contributed by atoms with Crippen LogP contribution in [0, 0.1) is 11.3 Å². The van der Waals surface area contributed by atoms with E-state index in [1.807, 2.05) is 20.8 Å².